The maximum Gasteiger partial charge on any atom is 0.259 e. The zero-order valence-electron chi connectivity index (χ0n) is 17.0. The van der Waals surface area contributed by atoms with E-state index in [1.165, 1.54) is 18.0 Å². The smallest absolute Gasteiger partial charge is 0.259 e. The maximum atomic E-state index is 13.0. The van der Waals surface area contributed by atoms with Crippen molar-refractivity contribution in [3.05, 3.63) is 94.8 Å². The normalized spacial score (nSPS) is 10.4. The van der Waals surface area contributed by atoms with Gasteiger partial charge in [0.1, 0.15) is 0 Å². The molecule has 3 aromatic rings. The highest BCUT2D eigenvalue weighted by molar-refractivity contribution is 6.07. The Morgan fingerprint density at radius 2 is 1.66 bits per heavy atom. The fourth-order valence-corrected chi connectivity index (χ4v) is 3.07. The van der Waals surface area contributed by atoms with Crippen LogP contribution in [0, 0.1) is 13.8 Å². The van der Waals surface area contributed by atoms with E-state index in [1.807, 2.05) is 69.3 Å². The predicted molar refractivity (Wildman–Crippen MR) is 115 cm³/mol. The third kappa shape index (κ3) is 5.08. The molecule has 2 aromatic carbocycles. The van der Waals surface area contributed by atoms with E-state index in [-0.39, 0.29) is 11.8 Å². The summed E-state index contributed by atoms with van der Waals surface area (Å²) in [5.41, 5.74) is 4.84. The number of aromatic nitrogens is 1. The Bertz CT molecular complexity index is 1010. The van der Waals surface area contributed by atoms with E-state index in [0.717, 1.165) is 16.8 Å². The van der Waals surface area contributed by atoms with Crippen LogP contribution in [0.4, 0.5) is 5.69 Å². The van der Waals surface area contributed by atoms with Crippen LogP contribution in [0.5, 0.6) is 0 Å². The van der Waals surface area contributed by atoms with Crippen molar-refractivity contribution in [2.45, 2.75) is 27.3 Å². The molecule has 1 heterocycles. The quantitative estimate of drug-likeness (QED) is 0.686. The van der Waals surface area contributed by atoms with Crippen LogP contribution in [0.15, 0.2) is 67.0 Å². The van der Waals surface area contributed by atoms with Crippen LogP contribution < -0.4 is 10.2 Å². The molecule has 0 saturated heterocycles. The summed E-state index contributed by atoms with van der Waals surface area (Å²) >= 11 is 0. The summed E-state index contributed by atoms with van der Waals surface area (Å²) in [4.78, 5) is 31.4. The first kappa shape index (κ1) is 20.3. The molecule has 0 atom stereocenters. The van der Waals surface area contributed by atoms with Gasteiger partial charge in [0.2, 0.25) is 0 Å². The number of carbonyl (C=O) groups excluding carboxylic acids is 2. The molecule has 1 aromatic heterocycles. The average Bonchev–Trinajstić information content (AvgIpc) is 2.74. The lowest BCUT2D eigenvalue weighted by Gasteiger charge is -2.21. The highest BCUT2D eigenvalue weighted by atomic mass is 16.2. The molecule has 0 aliphatic rings. The molecule has 2 amide bonds. The molecule has 148 valence electrons. The number of hydrogen-bond acceptors (Lipinski definition) is 3. The summed E-state index contributed by atoms with van der Waals surface area (Å²) in [5, 5.41) is 2.88. The molecular weight excluding hydrogens is 362 g/mol. The summed E-state index contributed by atoms with van der Waals surface area (Å²) in [6.45, 7) is 6.87. The van der Waals surface area contributed by atoms with Crippen molar-refractivity contribution in [3.63, 3.8) is 0 Å². The summed E-state index contributed by atoms with van der Waals surface area (Å²) < 4.78 is 0. The maximum absolute atomic E-state index is 13.0. The summed E-state index contributed by atoms with van der Waals surface area (Å²) in [6, 6.07) is 17.4. The Labute approximate surface area is 171 Å². The van der Waals surface area contributed by atoms with Gasteiger partial charge in [-0.15, -0.1) is 0 Å². The van der Waals surface area contributed by atoms with Gasteiger partial charge < -0.3 is 10.2 Å². The summed E-state index contributed by atoms with van der Waals surface area (Å²) in [6.07, 6.45) is 2.97. The number of amides is 2. The first-order chi connectivity index (χ1) is 14.0. The van der Waals surface area contributed by atoms with E-state index in [0.29, 0.717) is 24.2 Å². The monoisotopic (exact) mass is 387 g/mol. The Kier molecular flexibility index (Phi) is 6.39. The van der Waals surface area contributed by atoms with E-state index in [2.05, 4.69) is 10.3 Å². The molecule has 0 spiro atoms. The molecule has 1 N–H and O–H groups in total. The van der Waals surface area contributed by atoms with Crippen LogP contribution in [0.1, 0.15) is 44.3 Å². The summed E-state index contributed by atoms with van der Waals surface area (Å²) in [5.74, 6) is -0.440. The van der Waals surface area contributed by atoms with Gasteiger partial charge in [-0.05, 0) is 50.1 Å². The largest absolute Gasteiger partial charge is 0.348 e. The number of pyridine rings is 1. The van der Waals surface area contributed by atoms with Crippen molar-refractivity contribution in [3.8, 4) is 0 Å². The second-order valence-corrected chi connectivity index (χ2v) is 7.02. The van der Waals surface area contributed by atoms with Gasteiger partial charge in [-0.2, -0.15) is 0 Å². The van der Waals surface area contributed by atoms with Crippen LogP contribution >= 0.6 is 0 Å². The lowest BCUT2D eigenvalue weighted by Crippen LogP contribution is -2.31. The number of rotatable bonds is 6. The zero-order valence-corrected chi connectivity index (χ0v) is 17.0. The molecule has 29 heavy (non-hydrogen) atoms. The average molecular weight is 387 g/mol. The van der Waals surface area contributed by atoms with E-state index < -0.39 is 0 Å². The highest BCUT2D eigenvalue weighted by Crippen LogP contribution is 2.19. The Morgan fingerprint density at radius 3 is 2.34 bits per heavy atom. The van der Waals surface area contributed by atoms with Gasteiger partial charge in [-0.3, -0.25) is 14.6 Å². The summed E-state index contributed by atoms with van der Waals surface area (Å²) in [7, 11) is 0. The fourth-order valence-electron chi connectivity index (χ4n) is 3.07. The van der Waals surface area contributed by atoms with E-state index in [1.54, 1.807) is 11.0 Å². The number of hydrogen-bond donors (Lipinski definition) is 1. The van der Waals surface area contributed by atoms with Gasteiger partial charge >= 0.3 is 0 Å². The molecule has 5 heteroatoms. The van der Waals surface area contributed by atoms with Crippen molar-refractivity contribution in [1.29, 1.82) is 0 Å². The first-order valence-electron chi connectivity index (χ1n) is 9.65. The number of benzene rings is 2. The van der Waals surface area contributed by atoms with Gasteiger partial charge in [0.15, 0.2) is 0 Å². The molecule has 0 unspecified atom stereocenters. The number of nitrogens with zero attached hydrogens (tertiary/aromatic N) is 2. The van der Waals surface area contributed by atoms with Crippen molar-refractivity contribution in [2.75, 3.05) is 11.4 Å². The zero-order chi connectivity index (χ0) is 20.8. The van der Waals surface area contributed by atoms with Gasteiger partial charge in [0.05, 0.1) is 11.1 Å². The van der Waals surface area contributed by atoms with Gasteiger partial charge in [-0.25, -0.2) is 0 Å². The Hall–Kier alpha value is -3.47. The SMILES string of the molecule is CCN(C(=O)c1cncc(C(=O)NCc2ccc(C)cc2)c1)c1cccc(C)c1. The van der Waals surface area contributed by atoms with Crippen LogP contribution in [0.2, 0.25) is 0 Å². The van der Waals surface area contributed by atoms with E-state index >= 15 is 0 Å². The molecular formula is C24H25N3O2. The third-order valence-electron chi connectivity index (χ3n) is 4.70. The van der Waals surface area contributed by atoms with Crippen molar-refractivity contribution >= 4 is 17.5 Å². The molecule has 0 radical (unpaired) electrons. The molecule has 0 aliphatic carbocycles. The van der Waals surface area contributed by atoms with E-state index in [4.69, 9.17) is 0 Å². The predicted octanol–water partition coefficient (Wildman–Crippen LogP) is 4.30. The van der Waals surface area contributed by atoms with Crippen LogP contribution in [-0.2, 0) is 6.54 Å². The second-order valence-electron chi connectivity index (χ2n) is 7.02. The van der Waals surface area contributed by atoms with Crippen molar-refractivity contribution in [2.24, 2.45) is 0 Å². The number of nitrogens with one attached hydrogen (secondary N) is 1. The van der Waals surface area contributed by atoms with E-state index in [9.17, 15) is 9.59 Å². The Balaban J connectivity index is 1.74. The fraction of sp³-hybridized carbons (Fsp3) is 0.208. The van der Waals surface area contributed by atoms with Crippen LogP contribution in [0.25, 0.3) is 0 Å². The topological polar surface area (TPSA) is 62.3 Å². The van der Waals surface area contributed by atoms with Crippen molar-refractivity contribution < 1.29 is 9.59 Å². The first-order valence-corrected chi connectivity index (χ1v) is 9.65. The standard InChI is InChI=1S/C24H25N3O2/c1-4-27(22-7-5-6-18(3)12-22)24(29)21-13-20(15-25-16-21)23(28)26-14-19-10-8-17(2)9-11-19/h5-13,15-16H,4,14H2,1-3H3,(H,26,28). The lowest BCUT2D eigenvalue weighted by atomic mass is 10.1. The molecule has 0 fully saturated rings. The molecule has 0 aliphatic heterocycles. The molecule has 0 saturated carbocycles. The second kappa shape index (κ2) is 9.15. The number of carbonyl (C=O) groups is 2. The molecule has 5 nitrogen and oxygen atoms in total. The van der Waals surface area contributed by atoms with Gasteiger partial charge in [0, 0.05) is 31.2 Å². The van der Waals surface area contributed by atoms with Crippen LogP contribution in [0.3, 0.4) is 0 Å². The van der Waals surface area contributed by atoms with Gasteiger partial charge in [0.25, 0.3) is 11.8 Å². The Morgan fingerprint density at radius 1 is 0.931 bits per heavy atom. The third-order valence-corrected chi connectivity index (χ3v) is 4.70. The highest BCUT2D eigenvalue weighted by Gasteiger charge is 2.18. The molecule has 0 bridgehead atoms. The minimum Gasteiger partial charge on any atom is -0.348 e. The van der Waals surface area contributed by atoms with Gasteiger partial charge in [-0.1, -0.05) is 42.0 Å². The van der Waals surface area contributed by atoms with Crippen LogP contribution in [-0.4, -0.2) is 23.3 Å². The minimum atomic E-state index is -0.258. The molecule has 3 rings (SSSR count). The van der Waals surface area contributed by atoms with Crippen molar-refractivity contribution in [1.82, 2.24) is 10.3 Å². The number of aryl methyl sites for hydroxylation is 2. The minimum absolute atomic E-state index is 0.182. The number of anilines is 1. The lowest BCUT2D eigenvalue weighted by molar-refractivity contribution is 0.0950.